The molecule has 0 saturated heterocycles. The first-order valence-corrected chi connectivity index (χ1v) is 6.67. The molecule has 0 amide bonds. The van der Waals surface area contributed by atoms with E-state index >= 15 is 0 Å². The van der Waals surface area contributed by atoms with Crippen LogP contribution in [0.1, 0.15) is 12.1 Å². The lowest BCUT2D eigenvalue weighted by Crippen LogP contribution is -2.05. The molecule has 2 rings (SSSR count). The number of hydrogen-bond donors (Lipinski definition) is 1. The summed E-state index contributed by atoms with van der Waals surface area (Å²) >= 11 is 0. The van der Waals surface area contributed by atoms with E-state index in [9.17, 15) is 14.5 Å². The van der Waals surface area contributed by atoms with E-state index in [1.807, 2.05) is 0 Å². The number of halogens is 1. The zero-order chi connectivity index (χ0) is 17.0. The van der Waals surface area contributed by atoms with Gasteiger partial charge in [0.1, 0.15) is 17.2 Å². The Labute approximate surface area is 130 Å². The predicted molar refractivity (Wildman–Crippen MR) is 76.5 cm³/mol. The molecule has 1 N–H and O–H groups in total. The van der Waals surface area contributed by atoms with Crippen molar-refractivity contribution in [2.24, 2.45) is 0 Å². The topological polar surface area (TPSA) is 113 Å². The van der Waals surface area contributed by atoms with Crippen LogP contribution in [0.5, 0.6) is 11.8 Å². The predicted octanol–water partition coefficient (Wildman–Crippen LogP) is 1.39. The standard InChI is InChI=1S/C13H15FN4O5/c1-8-11(18(20)21)13(23-5-3-4-19)16-17(8)10-6-9(14)7-15-12(10)22-2/h6-7,19H,3-5H2,1-2H3. The summed E-state index contributed by atoms with van der Waals surface area (Å²) < 4.78 is 24.9. The molecular formula is C13H15FN4O5. The van der Waals surface area contributed by atoms with E-state index < -0.39 is 10.7 Å². The van der Waals surface area contributed by atoms with Gasteiger partial charge >= 0.3 is 11.6 Å². The minimum absolute atomic E-state index is 0.0618. The molecule has 0 aliphatic rings. The van der Waals surface area contributed by atoms with Gasteiger partial charge in [0, 0.05) is 19.1 Å². The van der Waals surface area contributed by atoms with Gasteiger partial charge in [0.15, 0.2) is 0 Å². The molecule has 0 radical (unpaired) electrons. The highest BCUT2D eigenvalue weighted by Crippen LogP contribution is 2.33. The number of aromatic nitrogens is 3. The Morgan fingerprint density at radius 3 is 2.83 bits per heavy atom. The van der Waals surface area contributed by atoms with E-state index in [1.54, 1.807) is 0 Å². The normalized spacial score (nSPS) is 10.6. The van der Waals surface area contributed by atoms with E-state index in [2.05, 4.69) is 10.1 Å². The Balaban J connectivity index is 2.53. The van der Waals surface area contributed by atoms with E-state index in [4.69, 9.17) is 14.6 Å². The molecule has 23 heavy (non-hydrogen) atoms. The maximum atomic E-state index is 13.5. The molecule has 0 atom stereocenters. The third-order valence-corrected chi connectivity index (χ3v) is 3.00. The average molecular weight is 326 g/mol. The molecule has 0 spiro atoms. The molecule has 2 heterocycles. The van der Waals surface area contributed by atoms with Crippen LogP contribution >= 0.6 is 0 Å². The third-order valence-electron chi connectivity index (χ3n) is 3.00. The number of pyridine rings is 1. The Morgan fingerprint density at radius 1 is 1.48 bits per heavy atom. The van der Waals surface area contributed by atoms with Crippen molar-refractivity contribution >= 4 is 5.69 Å². The highest BCUT2D eigenvalue weighted by atomic mass is 19.1. The fourth-order valence-corrected chi connectivity index (χ4v) is 1.97. The summed E-state index contributed by atoms with van der Waals surface area (Å²) in [7, 11) is 1.34. The van der Waals surface area contributed by atoms with Crippen molar-refractivity contribution in [3.8, 4) is 17.4 Å². The number of aliphatic hydroxyl groups excluding tert-OH is 1. The van der Waals surface area contributed by atoms with Crippen LogP contribution in [0, 0.1) is 22.9 Å². The molecule has 0 saturated carbocycles. The molecule has 0 fully saturated rings. The molecule has 10 heteroatoms. The second-order valence-electron chi connectivity index (χ2n) is 4.52. The zero-order valence-corrected chi connectivity index (χ0v) is 12.5. The first-order valence-electron chi connectivity index (χ1n) is 6.67. The molecule has 0 aromatic carbocycles. The summed E-state index contributed by atoms with van der Waals surface area (Å²) in [6.07, 6.45) is 1.27. The summed E-state index contributed by atoms with van der Waals surface area (Å²) in [5, 5.41) is 24.0. The SMILES string of the molecule is COc1ncc(F)cc1-n1nc(OCCCO)c([N+](=O)[O-])c1C. The largest absolute Gasteiger partial charge is 0.479 e. The summed E-state index contributed by atoms with van der Waals surface area (Å²) in [5.74, 6) is -0.790. The molecule has 124 valence electrons. The van der Waals surface area contributed by atoms with Gasteiger partial charge in [0.25, 0.3) is 0 Å². The quantitative estimate of drug-likeness (QED) is 0.465. The summed E-state index contributed by atoms with van der Waals surface area (Å²) in [6, 6.07) is 1.10. The van der Waals surface area contributed by atoms with Crippen molar-refractivity contribution in [1.29, 1.82) is 0 Å². The number of rotatable bonds is 7. The summed E-state index contributed by atoms with van der Waals surface area (Å²) in [6.45, 7) is 1.40. The van der Waals surface area contributed by atoms with Crippen molar-refractivity contribution in [2.75, 3.05) is 20.3 Å². The van der Waals surface area contributed by atoms with Crippen molar-refractivity contribution in [1.82, 2.24) is 14.8 Å². The van der Waals surface area contributed by atoms with Crippen molar-refractivity contribution in [3.05, 3.63) is 33.9 Å². The lowest BCUT2D eigenvalue weighted by Gasteiger charge is -2.08. The number of nitrogens with zero attached hydrogens (tertiary/aromatic N) is 4. The Morgan fingerprint density at radius 2 is 2.22 bits per heavy atom. The maximum Gasteiger partial charge on any atom is 0.353 e. The molecule has 2 aromatic rings. The van der Waals surface area contributed by atoms with Gasteiger partial charge in [-0.2, -0.15) is 0 Å². The van der Waals surface area contributed by atoms with Gasteiger partial charge in [0.2, 0.25) is 5.88 Å². The number of methoxy groups -OCH3 is 1. The van der Waals surface area contributed by atoms with Crippen molar-refractivity contribution in [2.45, 2.75) is 13.3 Å². The van der Waals surface area contributed by atoms with Crippen LogP contribution in [-0.4, -0.2) is 45.1 Å². The van der Waals surface area contributed by atoms with Crippen LogP contribution in [0.15, 0.2) is 12.3 Å². The van der Waals surface area contributed by atoms with Crippen LogP contribution in [0.2, 0.25) is 0 Å². The fourth-order valence-electron chi connectivity index (χ4n) is 1.97. The monoisotopic (exact) mass is 326 g/mol. The molecule has 2 aromatic heterocycles. The molecule has 0 aliphatic carbocycles. The molecule has 0 bridgehead atoms. The number of nitro groups is 1. The lowest BCUT2D eigenvalue weighted by molar-refractivity contribution is -0.386. The Hall–Kier alpha value is -2.75. The van der Waals surface area contributed by atoms with Crippen molar-refractivity contribution in [3.63, 3.8) is 0 Å². The van der Waals surface area contributed by atoms with E-state index in [1.165, 1.54) is 14.0 Å². The minimum atomic E-state index is -0.638. The number of hydrogen-bond acceptors (Lipinski definition) is 7. The van der Waals surface area contributed by atoms with E-state index in [0.717, 1.165) is 16.9 Å². The third kappa shape index (κ3) is 3.37. The zero-order valence-electron chi connectivity index (χ0n) is 12.5. The second-order valence-corrected chi connectivity index (χ2v) is 4.52. The van der Waals surface area contributed by atoms with Gasteiger partial charge in [0.05, 0.1) is 24.8 Å². The summed E-state index contributed by atoms with van der Waals surface area (Å²) in [4.78, 5) is 14.4. The van der Waals surface area contributed by atoms with Crippen LogP contribution < -0.4 is 9.47 Å². The molecule has 0 aliphatic heterocycles. The molecule has 9 nitrogen and oxygen atoms in total. The minimum Gasteiger partial charge on any atom is -0.479 e. The van der Waals surface area contributed by atoms with Gasteiger partial charge in [-0.1, -0.05) is 0 Å². The smallest absolute Gasteiger partial charge is 0.353 e. The number of ether oxygens (including phenoxy) is 2. The average Bonchev–Trinajstić information content (AvgIpc) is 2.84. The highest BCUT2D eigenvalue weighted by molar-refractivity contribution is 5.52. The summed E-state index contributed by atoms with van der Waals surface area (Å²) in [5.41, 5.74) is -0.0842. The lowest BCUT2D eigenvalue weighted by atomic mass is 10.3. The van der Waals surface area contributed by atoms with E-state index in [0.29, 0.717) is 6.42 Å². The Kier molecular flexibility index (Phi) is 5.06. The van der Waals surface area contributed by atoms with Gasteiger partial charge in [-0.15, -0.1) is 5.10 Å². The van der Waals surface area contributed by atoms with E-state index in [-0.39, 0.29) is 42.0 Å². The highest BCUT2D eigenvalue weighted by Gasteiger charge is 2.28. The van der Waals surface area contributed by atoms with Gasteiger partial charge in [-0.05, 0) is 6.92 Å². The first kappa shape index (κ1) is 16.6. The van der Waals surface area contributed by atoms with Crippen molar-refractivity contribution < 1.29 is 23.9 Å². The fraction of sp³-hybridized carbons (Fsp3) is 0.385. The van der Waals surface area contributed by atoms with Gasteiger partial charge < -0.3 is 14.6 Å². The van der Waals surface area contributed by atoms with Gasteiger partial charge in [-0.3, -0.25) is 10.1 Å². The Bertz CT molecular complexity index is 719. The molecule has 0 unspecified atom stereocenters. The van der Waals surface area contributed by atoms with Crippen LogP contribution in [-0.2, 0) is 0 Å². The maximum absolute atomic E-state index is 13.5. The van der Waals surface area contributed by atoms with Crippen LogP contribution in [0.3, 0.4) is 0 Å². The second kappa shape index (κ2) is 7.01. The van der Waals surface area contributed by atoms with Gasteiger partial charge in [-0.25, -0.2) is 14.1 Å². The van der Waals surface area contributed by atoms with Crippen LogP contribution in [0.25, 0.3) is 5.69 Å². The van der Waals surface area contributed by atoms with Crippen LogP contribution in [0.4, 0.5) is 10.1 Å². The molecular weight excluding hydrogens is 311 g/mol. The number of aliphatic hydroxyl groups is 1. The first-order chi connectivity index (χ1) is 11.0.